The maximum absolute atomic E-state index is 4.96. The molecule has 0 bridgehead atoms. The maximum Gasteiger partial charge on any atom is 0.159 e. The van der Waals surface area contributed by atoms with Crippen LogP contribution in [0.1, 0.15) is 22.5 Å². The van der Waals surface area contributed by atoms with Gasteiger partial charge in [0.25, 0.3) is 0 Å². The number of aromatic nitrogens is 2. The first-order chi connectivity index (χ1) is 10.7. The van der Waals surface area contributed by atoms with Gasteiger partial charge in [-0.05, 0) is 25.0 Å². The Morgan fingerprint density at radius 2 is 1.64 bits per heavy atom. The molecule has 0 saturated carbocycles. The lowest BCUT2D eigenvalue weighted by molar-refractivity contribution is 0.897. The van der Waals surface area contributed by atoms with Crippen molar-refractivity contribution in [3.63, 3.8) is 0 Å². The van der Waals surface area contributed by atoms with Crippen LogP contribution in [0.2, 0.25) is 0 Å². The van der Waals surface area contributed by atoms with Crippen molar-refractivity contribution in [2.75, 3.05) is 0 Å². The summed E-state index contributed by atoms with van der Waals surface area (Å²) in [6.45, 7) is 4.18. The van der Waals surface area contributed by atoms with Crippen LogP contribution < -0.4 is 0 Å². The number of hydrogen-bond donors (Lipinski definition) is 0. The number of aryl methyl sites for hydroxylation is 3. The van der Waals surface area contributed by atoms with E-state index in [4.69, 9.17) is 4.99 Å². The lowest BCUT2D eigenvalue weighted by Crippen LogP contribution is -2.10. The highest BCUT2D eigenvalue weighted by Gasteiger charge is 2.13. The highest BCUT2D eigenvalue weighted by molar-refractivity contribution is 6.12. The Morgan fingerprint density at radius 3 is 2.23 bits per heavy atom. The Morgan fingerprint density at radius 1 is 0.955 bits per heavy atom. The lowest BCUT2D eigenvalue weighted by Gasteiger charge is -2.10. The van der Waals surface area contributed by atoms with Gasteiger partial charge in [-0.3, -0.25) is 0 Å². The third-order valence-corrected chi connectivity index (χ3v) is 3.74. The molecule has 1 aromatic heterocycles. The van der Waals surface area contributed by atoms with Gasteiger partial charge in [0.15, 0.2) is 5.82 Å². The van der Waals surface area contributed by atoms with Gasteiger partial charge in [-0.25, -0.2) is 9.98 Å². The van der Waals surface area contributed by atoms with Crippen molar-refractivity contribution in [3.05, 3.63) is 83.4 Å². The number of para-hydroxylation sites is 1. The van der Waals surface area contributed by atoms with Gasteiger partial charge >= 0.3 is 0 Å². The zero-order valence-electron chi connectivity index (χ0n) is 13.1. The molecule has 1 heterocycles. The van der Waals surface area contributed by atoms with Crippen molar-refractivity contribution < 1.29 is 0 Å². The molecule has 3 heteroatoms. The standard InChI is InChI=1S/C19H19N3/c1-14-8-7-9-15(2)17(14)21-18(16-10-5-4-6-11-16)19-20-12-13-22(19)3/h4-13H,1-3H3. The number of benzene rings is 2. The maximum atomic E-state index is 4.96. The van der Waals surface area contributed by atoms with Gasteiger partial charge in [-0.2, -0.15) is 0 Å². The molecule has 110 valence electrons. The van der Waals surface area contributed by atoms with Crippen LogP contribution in [0, 0.1) is 13.8 Å². The van der Waals surface area contributed by atoms with Gasteiger partial charge in [0.05, 0.1) is 5.69 Å². The number of rotatable bonds is 3. The molecule has 0 unspecified atom stereocenters. The molecule has 0 amide bonds. The largest absolute Gasteiger partial charge is 0.333 e. The van der Waals surface area contributed by atoms with E-state index in [1.54, 1.807) is 6.20 Å². The van der Waals surface area contributed by atoms with Gasteiger partial charge in [-0.15, -0.1) is 0 Å². The normalized spacial score (nSPS) is 11.7. The van der Waals surface area contributed by atoms with Crippen LogP contribution in [0.5, 0.6) is 0 Å². The molecule has 3 rings (SSSR count). The molecule has 3 aromatic rings. The fourth-order valence-electron chi connectivity index (χ4n) is 2.53. The fourth-order valence-corrected chi connectivity index (χ4v) is 2.53. The predicted molar refractivity (Wildman–Crippen MR) is 90.9 cm³/mol. The van der Waals surface area contributed by atoms with Crippen LogP contribution in [0.3, 0.4) is 0 Å². The molecule has 0 saturated heterocycles. The Kier molecular flexibility index (Phi) is 3.88. The highest BCUT2D eigenvalue weighted by Crippen LogP contribution is 2.25. The van der Waals surface area contributed by atoms with Gasteiger partial charge in [0.2, 0.25) is 0 Å². The summed E-state index contributed by atoms with van der Waals surface area (Å²) in [5.41, 5.74) is 5.32. The quantitative estimate of drug-likeness (QED) is 0.664. The minimum atomic E-state index is 0.869. The zero-order chi connectivity index (χ0) is 15.5. The first-order valence-corrected chi connectivity index (χ1v) is 7.35. The minimum Gasteiger partial charge on any atom is -0.333 e. The summed E-state index contributed by atoms with van der Waals surface area (Å²) in [7, 11) is 1.99. The van der Waals surface area contributed by atoms with E-state index in [0.29, 0.717) is 0 Å². The average molecular weight is 289 g/mol. The van der Waals surface area contributed by atoms with Crippen LogP contribution in [-0.4, -0.2) is 15.3 Å². The Labute approximate surface area is 131 Å². The van der Waals surface area contributed by atoms with Crippen LogP contribution >= 0.6 is 0 Å². The van der Waals surface area contributed by atoms with Crippen molar-refractivity contribution in [1.29, 1.82) is 0 Å². The van der Waals surface area contributed by atoms with E-state index in [1.165, 1.54) is 11.1 Å². The second-order valence-electron chi connectivity index (χ2n) is 5.43. The molecule has 0 atom stereocenters. The molecular formula is C19H19N3. The van der Waals surface area contributed by atoms with Gasteiger partial charge in [0, 0.05) is 25.0 Å². The second-order valence-corrected chi connectivity index (χ2v) is 5.43. The predicted octanol–water partition coefficient (Wildman–Crippen LogP) is 4.21. The van der Waals surface area contributed by atoms with E-state index >= 15 is 0 Å². The summed E-state index contributed by atoms with van der Waals surface area (Å²) in [6.07, 6.45) is 3.75. The SMILES string of the molecule is Cc1cccc(C)c1N=C(c1ccccc1)c1nccn1C. The molecule has 3 nitrogen and oxygen atoms in total. The zero-order valence-corrected chi connectivity index (χ0v) is 13.1. The van der Waals surface area contributed by atoms with E-state index in [0.717, 1.165) is 22.8 Å². The molecule has 0 aliphatic rings. The minimum absolute atomic E-state index is 0.869. The molecule has 0 spiro atoms. The molecule has 0 N–H and O–H groups in total. The molecule has 22 heavy (non-hydrogen) atoms. The van der Waals surface area contributed by atoms with Crippen molar-refractivity contribution in [2.24, 2.45) is 12.0 Å². The first-order valence-electron chi connectivity index (χ1n) is 7.35. The third-order valence-electron chi connectivity index (χ3n) is 3.74. The summed E-state index contributed by atoms with van der Waals surface area (Å²) >= 11 is 0. The molecule has 0 radical (unpaired) electrons. The van der Waals surface area contributed by atoms with Crippen LogP contribution in [-0.2, 0) is 7.05 Å². The van der Waals surface area contributed by atoms with Gasteiger partial charge in [0.1, 0.15) is 5.71 Å². The summed E-state index contributed by atoms with van der Waals surface area (Å²) in [5.74, 6) is 0.869. The van der Waals surface area contributed by atoms with Crippen molar-refractivity contribution in [3.8, 4) is 0 Å². The monoisotopic (exact) mass is 289 g/mol. The van der Waals surface area contributed by atoms with E-state index in [-0.39, 0.29) is 0 Å². The molecule has 0 aliphatic carbocycles. The number of hydrogen-bond acceptors (Lipinski definition) is 2. The van der Waals surface area contributed by atoms with Crippen molar-refractivity contribution in [2.45, 2.75) is 13.8 Å². The first kappa shape index (κ1) is 14.3. The summed E-state index contributed by atoms with van der Waals surface area (Å²) < 4.78 is 2.00. The number of imidazole rings is 1. The van der Waals surface area contributed by atoms with Gasteiger partial charge in [-0.1, -0.05) is 48.5 Å². The van der Waals surface area contributed by atoms with Crippen LogP contribution in [0.25, 0.3) is 0 Å². The molecule has 0 fully saturated rings. The van der Waals surface area contributed by atoms with Gasteiger partial charge < -0.3 is 4.57 Å². The Bertz CT molecular complexity index is 793. The Balaban J connectivity index is 2.23. The highest BCUT2D eigenvalue weighted by atomic mass is 15.1. The number of nitrogens with zero attached hydrogens (tertiary/aromatic N) is 3. The average Bonchev–Trinajstić information content (AvgIpc) is 2.94. The van der Waals surface area contributed by atoms with E-state index in [2.05, 4.69) is 49.2 Å². The van der Waals surface area contributed by atoms with E-state index < -0.39 is 0 Å². The summed E-state index contributed by atoms with van der Waals surface area (Å²) in [6, 6.07) is 16.4. The Hall–Kier alpha value is -2.68. The topological polar surface area (TPSA) is 30.2 Å². The number of aliphatic imine (C=N–C) groups is 1. The van der Waals surface area contributed by atoms with Crippen molar-refractivity contribution in [1.82, 2.24) is 9.55 Å². The van der Waals surface area contributed by atoms with Crippen LogP contribution in [0.4, 0.5) is 5.69 Å². The smallest absolute Gasteiger partial charge is 0.159 e. The molecule has 0 aliphatic heterocycles. The summed E-state index contributed by atoms with van der Waals surface area (Å²) in [5, 5.41) is 0. The van der Waals surface area contributed by atoms with Crippen molar-refractivity contribution >= 4 is 11.4 Å². The lowest BCUT2D eigenvalue weighted by atomic mass is 10.1. The van der Waals surface area contributed by atoms with E-state index in [9.17, 15) is 0 Å². The fraction of sp³-hybridized carbons (Fsp3) is 0.158. The molecular weight excluding hydrogens is 270 g/mol. The molecule has 2 aromatic carbocycles. The third kappa shape index (κ3) is 2.70. The summed E-state index contributed by atoms with van der Waals surface area (Å²) in [4.78, 5) is 9.44. The van der Waals surface area contributed by atoms with E-state index in [1.807, 2.05) is 36.0 Å². The second kappa shape index (κ2) is 5.98. The van der Waals surface area contributed by atoms with Crippen LogP contribution in [0.15, 0.2) is 65.9 Å².